The zero-order chi connectivity index (χ0) is 14.8. The minimum absolute atomic E-state index is 0.587. The lowest BCUT2D eigenvalue weighted by Crippen LogP contribution is -2.04. The summed E-state index contributed by atoms with van der Waals surface area (Å²) in [5.41, 5.74) is 1.14. The second-order valence-corrected chi connectivity index (χ2v) is 7.24. The van der Waals surface area contributed by atoms with E-state index in [2.05, 4.69) is 32.3 Å². The molecule has 0 amide bonds. The van der Waals surface area contributed by atoms with Crippen molar-refractivity contribution in [3.05, 3.63) is 45.3 Å². The van der Waals surface area contributed by atoms with Crippen molar-refractivity contribution in [1.82, 2.24) is 9.97 Å². The Morgan fingerprint density at radius 2 is 2.19 bits per heavy atom. The van der Waals surface area contributed by atoms with Crippen molar-refractivity contribution in [2.24, 2.45) is 0 Å². The Kier molecular flexibility index (Phi) is 4.72. The summed E-state index contributed by atoms with van der Waals surface area (Å²) in [6.45, 7) is 0. The van der Waals surface area contributed by atoms with Gasteiger partial charge in [0, 0.05) is 22.9 Å². The topological polar surface area (TPSA) is 37.8 Å². The van der Waals surface area contributed by atoms with Crippen molar-refractivity contribution in [3.8, 4) is 0 Å². The van der Waals surface area contributed by atoms with Crippen molar-refractivity contribution in [2.75, 3.05) is 12.4 Å². The lowest BCUT2D eigenvalue weighted by atomic mass is 10.2. The van der Waals surface area contributed by atoms with E-state index >= 15 is 0 Å². The molecule has 6 heteroatoms. The molecule has 1 fully saturated rings. The highest BCUT2D eigenvalue weighted by atomic mass is 79.9. The maximum atomic E-state index is 6.01. The molecule has 1 aliphatic carbocycles. The van der Waals surface area contributed by atoms with E-state index in [9.17, 15) is 0 Å². The second-order valence-electron chi connectivity index (χ2n) is 4.96. The number of hydrogen-bond acceptors (Lipinski definition) is 4. The molecule has 0 unspecified atom stereocenters. The fraction of sp³-hybridized carbons (Fsp3) is 0.333. The molecule has 1 saturated carbocycles. The van der Waals surface area contributed by atoms with Crippen molar-refractivity contribution in [3.63, 3.8) is 0 Å². The first-order valence-corrected chi connectivity index (χ1v) is 8.95. The Morgan fingerprint density at radius 3 is 2.86 bits per heavy atom. The molecule has 0 radical (unpaired) electrons. The summed E-state index contributed by atoms with van der Waals surface area (Å²) in [6.07, 6.45) is 2.44. The van der Waals surface area contributed by atoms with Crippen LogP contribution in [0.5, 0.6) is 0 Å². The van der Waals surface area contributed by atoms with Crippen LogP contribution >= 0.6 is 39.3 Å². The van der Waals surface area contributed by atoms with E-state index in [1.807, 2.05) is 25.2 Å². The predicted molar refractivity (Wildman–Crippen MR) is 92.3 cm³/mol. The molecule has 110 valence electrons. The molecule has 3 nitrogen and oxygen atoms in total. The average molecular weight is 385 g/mol. The number of anilines is 1. The van der Waals surface area contributed by atoms with Crippen LogP contribution in [-0.4, -0.2) is 17.0 Å². The molecule has 0 aliphatic heterocycles. The summed E-state index contributed by atoms with van der Waals surface area (Å²) >= 11 is 11.3. The largest absolute Gasteiger partial charge is 0.372 e. The van der Waals surface area contributed by atoms with Crippen LogP contribution in [-0.2, 0) is 5.75 Å². The smallest absolute Gasteiger partial charge is 0.144 e. The molecule has 0 spiro atoms. The third-order valence-electron chi connectivity index (χ3n) is 3.29. The summed E-state index contributed by atoms with van der Waals surface area (Å²) in [5.74, 6) is 3.05. The highest BCUT2D eigenvalue weighted by Gasteiger charge is 2.29. The van der Waals surface area contributed by atoms with Crippen molar-refractivity contribution < 1.29 is 0 Å². The highest BCUT2D eigenvalue weighted by molar-refractivity contribution is 9.10. The van der Waals surface area contributed by atoms with Crippen LogP contribution in [0.25, 0.3) is 0 Å². The van der Waals surface area contributed by atoms with Crippen LogP contribution < -0.4 is 5.32 Å². The fourth-order valence-corrected chi connectivity index (χ4v) is 3.84. The van der Waals surface area contributed by atoms with Gasteiger partial charge in [0.25, 0.3) is 0 Å². The van der Waals surface area contributed by atoms with Gasteiger partial charge in [-0.1, -0.05) is 17.7 Å². The molecule has 3 rings (SSSR count). The molecule has 1 heterocycles. The lowest BCUT2D eigenvalue weighted by molar-refractivity contribution is 0.922. The number of hydrogen-bond donors (Lipinski definition) is 1. The van der Waals surface area contributed by atoms with E-state index in [-0.39, 0.29) is 0 Å². The quantitative estimate of drug-likeness (QED) is 0.727. The molecule has 0 atom stereocenters. The average Bonchev–Trinajstić information content (AvgIpc) is 3.31. The zero-order valence-corrected chi connectivity index (χ0v) is 14.7. The lowest BCUT2D eigenvalue weighted by Gasteiger charge is -2.10. The maximum absolute atomic E-state index is 6.01. The van der Waals surface area contributed by atoms with Gasteiger partial charge >= 0.3 is 0 Å². The number of rotatable bonds is 5. The SMILES string of the molecule is CNc1nc(CSc2cccc(Cl)c2)nc(C2CC2)c1Br. The van der Waals surface area contributed by atoms with Gasteiger partial charge < -0.3 is 5.32 Å². The molecule has 0 saturated heterocycles. The van der Waals surface area contributed by atoms with Gasteiger partial charge in [-0.2, -0.15) is 0 Å². The van der Waals surface area contributed by atoms with E-state index in [0.29, 0.717) is 5.92 Å². The van der Waals surface area contributed by atoms with Crippen LogP contribution in [0.1, 0.15) is 30.3 Å². The van der Waals surface area contributed by atoms with Gasteiger partial charge in [-0.3, -0.25) is 0 Å². The van der Waals surface area contributed by atoms with Gasteiger partial charge in [0.2, 0.25) is 0 Å². The van der Waals surface area contributed by atoms with Crippen LogP contribution in [0, 0.1) is 0 Å². The Bertz CT molecular complexity index is 661. The van der Waals surface area contributed by atoms with Crippen LogP contribution in [0.2, 0.25) is 5.02 Å². The standard InChI is InChI=1S/C15H15BrClN3S/c1-18-15-13(16)14(9-5-6-9)19-12(20-15)8-21-11-4-2-3-10(17)7-11/h2-4,7,9H,5-6,8H2,1H3,(H,18,19,20). The number of nitrogens with one attached hydrogen (secondary N) is 1. The molecule has 21 heavy (non-hydrogen) atoms. The monoisotopic (exact) mass is 383 g/mol. The number of halogens is 2. The summed E-state index contributed by atoms with van der Waals surface area (Å²) in [7, 11) is 1.89. The van der Waals surface area contributed by atoms with Gasteiger partial charge in [-0.25, -0.2) is 9.97 Å². The molecule has 1 aliphatic rings. The first-order valence-electron chi connectivity index (χ1n) is 6.80. The molecule has 2 aromatic rings. The molecule has 1 aromatic carbocycles. The van der Waals surface area contributed by atoms with Gasteiger partial charge in [-0.15, -0.1) is 11.8 Å². The first kappa shape index (κ1) is 15.1. The third-order valence-corrected chi connectivity index (χ3v) is 5.29. The molecule has 1 N–H and O–H groups in total. The van der Waals surface area contributed by atoms with Crippen LogP contribution in [0.3, 0.4) is 0 Å². The summed E-state index contributed by atoms with van der Waals surface area (Å²) < 4.78 is 1.00. The molecule has 0 bridgehead atoms. The van der Waals surface area contributed by atoms with E-state index in [0.717, 1.165) is 37.5 Å². The fourth-order valence-electron chi connectivity index (χ4n) is 2.07. The zero-order valence-electron chi connectivity index (χ0n) is 11.6. The number of thioether (sulfide) groups is 1. The van der Waals surface area contributed by atoms with E-state index in [1.165, 1.54) is 12.8 Å². The van der Waals surface area contributed by atoms with Gasteiger partial charge in [0.15, 0.2) is 0 Å². The Labute approximate surface area is 142 Å². The molecular formula is C15H15BrClN3S. The number of nitrogens with zero attached hydrogens (tertiary/aromatic N) is 2. The molecule has 1 aromatic heterocycles. The highest BCUT2D eigenvalue weighted by Crippen LogP contribution is 2.44. The van der Waals surface area contributed by atoms with Crippen LogP contribution in [0.15, 0.2) is 33.6 Å². The van der Waals surface area contributed by atoms with E-state index in [1.54, 1.807) is 11.8 Å². The third kappa shape index (κ3) is 3.71. The summed E-state index contributed by atoms with van der Waals surface area (Å²) in [5, 5.41) is 3.89. The Hall–Kier alpha value is -0.780. The van der Waals surface area contributed by atoms with Crippen molar-refractivity contribution in [1.29, 1.82) is 0 Å². The number of benzene rings is 1. The first-order chi connectivity index (χ1) is 10.2. The Morgan fingerprint density at radius 1 is 1.38 bits per heavy atom. The van der Waals surface area contributed by atoms with Gasteiger partial charge in [0.05, 0.1) is 15.9 Å². The summed E-state index contributed by atoms with van der Waals surface area (Å²) in [6, 6.07) is 7.86. The van der Waals surface area contributed by atoms with Crippen molar-refractivity contribution >= 4 is 45.1 Å². The molecular weight excluding hydrogens is 370 g/mol. The minimum atomic E-state index is 0.587. The minimum Gasteiger partial charge on any atom is -0.372 e. The van der Waals surface area contributed by atoms with Crippen molar-refractivity contribution in [2.45, 2.75) is 29.4 Å². The van der Waals surface area contributed by atoms with E-state index in [4.69, 9.17) is 16.6 Å². The Balaban J connectivity index is 1.80. The van der Waals surface area contributed by atoms with Crippen LogP contribution in [0.4, 0.5) is 5.82 Å². The predicted octanol–water partition coefficient (Wildman–Crippen LogP) is 5.10. The second kappa shape index (κ2) is 6.55. The van der Waals surface area contributed by atoms with E-state index < -0.39 is 0 Å². The normalized spacial score (nSPS) is 14.2. The van der Waals surface area contributed by atoms with Gasteiger partial charge in [0.1, 0.15) is 11.6 Å². The van der Waals surface area contributed by atoms with Gasteiger partial charge in [-0.05, 0) is 47.0 Å². The maximum Gasteiger partial charge on any atom is 0.144 e. The number of aromatic nitrogens is 2. The summed E-state index contributed by atoms with van der Waals surface area (Å²) in [4.78, 5) is 10.4.